The molecule has 1 aromatic carbocycles. The average Bonchev–Trinajstić information content (AvgIpc) is 3.29. The molecule has 7 nitrogen and oxygen atoms in total. The first kappa shape index (κ1) is 17.8. The van der Waals surface area contributed by atoms with E-state index in [1.165, 1.54) is 6.07 Å². The van der Waals surface area contributed by atoms with Crippen molar-refractivity contribution < 1.29 is 19.5 Å². The standard InChI is InChI=1S/C17H23N3O4/c1-10(2)8-14(16(22)23)20-15(21)11-4-3-5-13(9-11)19-17(24)18-12-6-7-12/h3-5,9-10,12,14H,6-8H2,1-2H3,(H,20,21)(H,22,23)(H2,18,19,24)/t14-/m1/s1. The van der Waals surface area contributed by atoms with E-state index in [2.05, 4.69) is 16.0 Å². The molecule has 1 aromatic rings. The van der Waals surface area contributed by atoms with Crippen molar-refractivity contribution in [3.8, 4) is 0 Å². The van der Waals surface area contributed by atoms with Crippen LogP contribution < -0.4 is 16.0 Å². The zero-order valence-electron chi connectivity index (χ0n) is 13.8. The van der Waals surface area contributed by atoms with Crippen molar-refractivity contribution in [2.45, 2.75) is 45.2 Å². The van der Waals surface area contributed by atoms with Gasteiger partial charge in [0.15, 0.2) is 0 Å². The van der Waals surface area contributed by atoms with Gasteiger partial charge in [0.25, 0.3) is 5.91 Å². The predicted octanol–water partition coefficient (Wildman–Crippen LogP) is 2.20. The zero-order chi connectivity index (χ0) is 17.7. The topological polar surface area (TPSA) is 108 Å². The maximum absolute atomic E-state index is 12.3. The molecule has 24 heavy (non-hydrogen) atoms. The van der Waals surface area contributed by atoms with Crippen LogP contribution >= 0.6 is 0 Å². The van der Waals surface area contributed by atoms with E-state index >= 15 is 0 Å². The lowest BCUT2D eigenvalue weighted by Gasteiger charge is -2.16. The lowest BCUT2D eigenvalue weighted by atomic mass is 10.0. The van der Waals surface area contributed by atoms with Crippen molar-refractivity contribution in [1.29, 1.82) is 0 Å². The van der Waals surface area contributed by atoms with Gasteiger partial charge < -0.3 is 21.1 Å². The summed E-state index contributed by atoms with van der Waals surface area (Å²) >= 11 is 0. The molecule has 1 atom stereocenters. The number of hydrogen-bond donors (Lipinski definition) is 4. The van der Waals surface area contributed by atoms with Gasteiger partial charge in [0, 0.05) is 17.3 Å². The fourth-order valence-corrected chi connectivity index (χ4v) is 2.25. The number of nitrogens with one attached hydrogen (secondary N) is 3. The first-order valence-electron chi connectivity index (χ1n) is 8.06. The molecule has 1 aliphatic rings. The summed E-state index contributed by atoms with van der Waals surface area (Å²) in [6.45, 7) is 3.79. The molecule has 0 radical (unpaired) electrons. The summed E-state index contributed by atoms with van der Waals surface area (Å²) in [4.78, 5) is 35.2. The van der Waals surface area contributed by atoms with Gasteiger partial charge in [-0.2, -0.15) is 0 Å². The quantitative estimate of drug-likeness (QED) is 0.613. The van der Waals surface area contributed by atoms with Gasteiger partial charge in [-0.1, -0.05) is 19.9 Å². The Morgan fingerprint density at radius 2 is 1.96 bits per heavy atom. The molecule has 0 aromatic heterocycles. The summed E-state index contributed by atoms with van der Waals surface area (Å²) in [5, 5.41) is 17.2. The van der Waals surface area contributed by atoms with Gasteiger partial charge in [0.05, 0.1) is 0 Å². The van der Waals surface area contributed by atoms with Crippen molar-refractivity contribution in [3.05, 3.63) is 29.8 Å². The Morgan fingerprint density at radius 1 is 1.25 bits per heavy atom. The highest BCUT2D eigenvalue weighted by Crippen LogP contribution is 2.19. The number of carbonyl (C=O) groups is 3. The fraction of sp³-hybridized carbons (Fsp3) is 0.471. The van der Waals surface area contributed by atoms with Crippen LogP contribution in [0.3, 0.4) is 0 Å². The van der Waals surface area contributed by atoms with Crippen LogP contribution in [0.2, 0.25) is 0 Å². The molecule has 0 unspecified atom stereocenters. The number of carboxylic acids is 1. The average molecular weight is 333 g/mol. The minimum Gasteiger partial charge on any atom is -0.480 e. The van der Waals surface area contributed by atoms with Crippen LogP contribution in [-0.4, -0.2) is 35.1 Å². The number of rotatable bonds is 7. The third-order valence-corrected chi connectivity index (χ3v) is 3.61. The number of carboxylic acid groups (broad SMARTS) is 1. The molecule has 2 rings (SSSR count). The molecular formula is C17H23N3O4. The molecule has 1 saturated carbocycles. The second kappa shape index (κ2) is 7.81. The van der Waals surface area contributed by atoms with Crippen LogP contribution in [0, 0.1) is 5.92 Å². The van der Waals surface area contributed by atoms with E-state index in [0.717, 1.165) is 12.8 Å². The lowest BCUT2D eigenvalue weighted by Crippen LogP contribution is -2.41. The number of carbonyl (C=O) groups excluding carboxylic acids is 2. The summed E-state index contributed by atoms with van der Waals surface area (Å²) in [6.07, 6.45) is 2.33. The Bertz CT molecular complexity index is 626. The van der Waals surface area contributed by atoms with E-state index in [-0.39, 0.29) is 18.0 Å². The molecule has 0 heterocycles. The van der Waals surface area contributed by atoms with Gasteiger partial charge in [-0.25, -0.2) is 9.59 Å². The van der Waals surface area contributed by atoms with Crippen LogP contribution in [0.5, 0.6) is 0 Å². The summed E-state index contributed by atoms with van der Waals surface area (Å²) in [6, 6.07) is 5.41. The van der Waals surface area contributed by atoms with E-state index < -0.39 is 17.9 Å². The van der Waals surface area contributed by atoms with E-state index in [1.54, 1.807) is 18.2 Å². The monoisotopic (exact) mass is 333 g/mol. The Morgan fingerprint density at radius 3 is 2.54 bits per heavy atom. The van der Waals surface area contributed by atoms with Gasteiger partial charge >= 0.3 is 12.0 Å². The number of hydrogen-bond acceptors (Lipinski definition) is 3. The highest BCUT2D eigenvalue weighted by Gasteiger charge is 2.24. The summed E-state index contributed by atoms with van der Waals surface area (Å²) < 4.78 is 0. The van der Waals surface area contributed by atoms with Crippen LogP contribution in [0.4, 0.5) is 10.5 Å². The molecule has 0 saturated heterocycles. The summed E-state index contributed by atoms with van der Waals surface area (Å²) in [7, 11) is 0. The van der Waals surface area contributed by atoms with Crippen molar-refractivity contribution in [2.24, 2.45) is 5.92 Å². The Kier molecular flexibility index (Phi) is 5.78. The molecule has 0 spiro atoms. The van der Waals surface area contributed by atoms with Gasteiger partial charge in [0.1, 0.15) is 6.04 Å². The Hall–Kier alpha value is -2.57. The lowest BCUT2D eigenvalue weighted by molar-refractivity contribution is -0.139. The van der Waals surface area contributed by atoms with Gasteiger partial charge in [-0.15, -0.1) is 0 Å². The number of amides is 3. The SMILES string of the molecule is CC(C)C[C@@H](NC(=O)c1cccc(NC(=O)NC2CC2)c1)C(=O)O. The smallest absolute Gasteiger partial charge is 0.326 e. The van der Waals surface area contributed by atoms with Gasteiger partial charge in [0.2, 0.25) is 0 Å². The van der Waals surface area contributed by atoms with Crippen molar-refractivity contribution in [2.75, 3.05) is 5.32 Å². The van der Waals surface area contributed by atoms with Gasteiger partial charge in [-0.3, -0.25) is 4.79 Å². The third-order valence-electron chi connectivity index (χ3n) is 3.61. The van der Waals surface area contributed by atoms with E-state index in [9.17, 15) is 19.5 Å². The van der Waals surface area contributed by atoms with Crippen molar-refractivity contribution >= 4 is 23.6 Å². The van der Waals surface area contributed by atoms with Crippen LogP contribution in [-0.2, 0) is 4.79 Å². The largest absolute Gasteiger partial charge is 0.480 e. The highest BCUT2D eigenvalue weighted by atomic mass is 16.4. The highest BCUT2D eigenvalue weighted by molar-refractivity contribution is 5.98. The molecule has 4 N–H and O–H groups in total. The number of anilines is 1. The van der Waals surface area contributed by atoms with E-state index in [1.807, 2.05) is 13.8 Å². The zero-order valence-corrected chi connectivity index (χ0v) is 13.8. The second-order valence-corrected chi connectivity index (χ2v) is 6.45. The van der Waals surface area contributed by atoms with Crippen LogP contribution in [0.25, 0.3) is 0 Å². The second-order valence-electron chi connectivity index (χ2n) is 6.45. The molecular weight excluding hydrogens is 310 g/mol. The first-order valence-corrected chi connectivity index (χ1v) is 8.06. The molecule has 0 bridgehead atoms. The first-order chi connectivity index (χ1) is 11.3. The molecule has 1 fully saturated rings. The molecule has 0 aliphatic heterocycles. The van der Waals surface area contributed by atoms with Crippen molar-refractivity contribution in [3.63, 3.8) is 0 Å². The van der Waals surface area contributed by atoms with Crippen molar-refractivity contribution in [1.82, 2.24) is 10.6 Å². The van der Waals surface area contributed by atoms with E-state index in [0.29, 0.717) is 17.7 Å². The number of urea groups is 1. The normalized spacial score (nSPS) is 14.8. The molecule has 3 amide bonds. The van der Waals surface area contributed by atoms with Crippen LogP contribution in [0.15, 0.2) is 24.3 Å². The predicted molar refractivity (Wildman–Crippen MR) is 90.0 cm³/mol. The Balaban J connectivity index is 1.99. The summed E-state index contributed by atoms with van der Waals surface area (Å²) in [5.41, 5.74) is 0.783. The summed E-state index contributed by atoms with van der Waals surface area (Å²) in [5.74, 6) is -1.39. The number of benzene rings is 1. The molecule has 1 aliphatic carbocycles. The fourth-order valence-electron chi connectivity index (χ4n) is 2.25. The van der Waals surface area contributed by atoms with E-state index in [4.69, 9.17) is 0 Å². The van der Waals surface area contributed by atoms with Crippen LogP contribution in [0.1, 0.15) is 43.5 Å². The molecule has 7 heteroatoms. The number of aliphatic carboxylic acids is 1. The third kappa shape index (κ3) is 5.57. The minimum absolute atomic E-state index is 0.144. The maximum atomic E-state index is 12.3. The Labute approximate surface area is 140 Å². The maximum Gasteiger partial charge on any atom is 0.326 e. The minimum atomic E-state index is -1.06. The van der Waals surface area contributed by atoms with Gasteiger partial charge in [-0.05, 0) is 43.4 Å². The molecule has 130 valence electrons.